The van der Waals surface area contributed by atoms with Crippen LogP contribution in [0.1, 0.15) is 51.4 Å². The van der Waals surface area contributed by atoms with E-state index in [0.29, 0.717) is 6.10 Å². The Morgan fingerprint density at radius 2 is 1.91 bits per heavy atom. The molecule has 2 saturated carbocycles. The molecule has 23 heavy (non-hydrogen) atoms. The zero-order valence-corrected chi connectivity index (χ0v) is 15.1. The monoisotopic (exact) mass is 325 g/mol. The third-order valence-corrected chi connectivity index (χ3v) is 4.70. The van der Waals surface area contributed by atoms with E-state index in [1.807, 2.05) is 7.05 Å². The minimum absolute atomic E-state index is 0.509. The lowest BCUT2D eigenvalue weighted by Gasteiger charge is -2.23. The normalized spacial score (nSPS) is 19.8. The van der Waals surface area contributed by atoms with Crippen molar-refractivity contribution >= 4 is 5.96 Å². The summed E-state index contributed by atoms with van der Waals surface area (Å²) in [5.74, 6) is 1.78. The predicted octanol–water partition coefficient (Wildman–Crippen LogP) is 2.66. The molecule has 0 unspecified atom stereocenters. The van der Waals surface area contributed by atoms with Crippen LogP contribution in [0.4, 0.5) is 0 Å². The standard InChI is InChI=1S/C18H35N3O2/c1-19-18(21(2)12-14-22-15-16-9-10-16)20-11-6-13-23-17-7-4-3-5-8-17/h16-17H,3-15H2,1-2H3,(H,19,20). The fourth-order valence-corrected chi connectivity index (χ4v) is 2.98. The molecule has 0 heterocycles. The van der Waals surface area contributed by atoms with Crippen molar-refractivity contribution in [3.05, 3.63) is 0 Å². The number of rotatable bonds is 10. The second-order valence-electron chi connectivity index (χ2n) is 6.90. The van der Waals surface area contributed by atoms with Gasteiger partial charge in [-0.15, -0.1) is 0 Å². The van der Waals surface area contributed by atoms with E-state index in [-0.39, 0.29) is 0 Å². The van der Waals surface area contributed by atoms with Crippen molar-refractivity contribution in [3.63, 3.8) is 0 Å². The first kappa shape index (κ1) is 18.5. The van der Waals surface area contributed by atoms with Gasteiger partial charge in [-0.25, -0.2) is 0 Å². The number of aliphatic imine (C=N–C) groups is 1. The van der Waals surface area contributed by atoms with Crippen molar-refractivity contribution in [2.75, 3.05) is 47.0 Å². The molecule has 5 nitrogen and oxygen atoms in total. The molecule has 0 spiro atoms. The molecule has 1 N–H and O–H groups in total. The first-order valence-electron chi connectivity index (χ1n) is 9.40. The Hall–Kier alpha value is -0.810. The summed E-state index contributed by atoms with van der Waals surface area (Å²) < 4.78 is 11.6. The summed E-state index contributed by atoms with van der Waals surface area (Å²) in [5.41, 5.74) is 0. The molecule has 0 aromatic carbocycles. The SMILES string of the molecule is CN=C(NCCCOC1CCCCC1)N(C)CCOCC1CC1. The van der Waals surface area contributed by atoms with Crippen molar-refractivity contribution in [1.29, 1.82) is 0 Å². The van der Waals surface area contributed by atoms with Gasteiger partial charge in [0, 0.05) is 40.4 Å². The van der Waals surface area contributed by atoms with Gasteiger partial charge in [0.2, 0.25) is 0 Å². The Bertz CT molecular complexity index is 339. The summed E-state index contributed by atoms with van der Waals surface area (Å²) in [6.07, 6.45) is 10.8. The second kappa shape index (κ2) is 10.9. The molecule has 0 atom stereocenters. The highest BCUT2D eigenvalue weighted by Gasteiger charge is 2.21. The molecule has 2 aliphatic rings. The van der Waals surface area contributed by atoms with E-state index in [2.05, 4.69) is 22.3 Å². The molecular weight excluding hydrogens is 290 g/mol. The van der Waals surface area contributed by atoms with Crippen LogP contribution in [0.2, 0.25) is 0 Å². The zero-order chi connectivity index (χ0) is 16.3. The van der Waals surface area contributed by atoms with Gasteiger partial charge >= 0.3 is 0 Å². The second-order valence-corrected chi connectivity index (χ2v) is 6.90. The number of nitrogens with one attached hydrogen (secondary N) is 1. The van der Waals surface area contributed by atoms with Crippen LogP contribution in [0, 0.1) is 5.92 Å². The number of ether oxygens (including phenoxy) is 2. The smallest absolute Gasteiger partial charge is 0.193 e. The van der Waals surface area contributed by atoms with E-state index >= 15 is 0 Å². The van der Waals surface area contributed by atoms with Gasteiger partial charge in [0.1, 0.15) is 0 Å². The number of likely N-dealkylation sites (N-methyl/N-ethyl adjacent to an activating group) is 1. The molecule has 2 aliphatic carbocycles. The number of guanidine groups is 1. The molecule has 0 amide bonds. The maximum atomic E-state index is 5.95. The third kappa shape index (κ3) is 8.02. The van der Waals surface area contributed by atoms with Gasteiger partial charge in [-0.05, 0) is 38.0 Å². The van der Waals surface area contributed by atoms with Crippen molar-refractivity contribution < 1.29 is 9.47 Å². The van der Waals surface area contributed by atoms with Crippen molar-refractivity contribution in [3.8, 4) is 0 Å². The molecule has 5 heteroatoms. The number of nitrogens with zero attached hydrogens (tertiary/aromatic N) is 2. The van der Waals surface area contributed by atoms with Crippen LogP contribution in [-0.2, 0) is 9.47 Å². The van der Waals surface area contributed by atoms with Crippen LogP contribution in [0.3, 0.4) is 0 Å². The maximum absolute atomic E-state index is 5.95. The highest BCUT2D eigenvalue weighted by molar-refractivity contribution is 5.79. The maximum Gasteiger partial charge on any atom is 0.193 e. The molecule has 0 saturated heterocycles. The Balaban J connectivity index is 1.47. The minimum atomic E-state index is 0.509. The van der Waals surface area contributed by atoms with Gasteiger partial charge in [-0.3, -0.25) is 4.99 Å². The van der Waals surface area contributed by atoms with Crippen molar-refractivity contribution in [2.45, 2.75) is 57.5 Å². The lowest BCUT2D eigenvalue weighted by molar-refractivity contribution is 0.0276. The first-order valence-corrected chi connectivity index (χ1v) is 9.40. The highest BCUT2D eigenvalue weighted by atomic mass is 16.5. The average molecular weight is 325 g/mol. The van der Waals surface area contributed by atoms with Gasteiger partial charge in [0.25, 0.3) is 0 Å². The van der Waals surface area contributed by atoms with E-state index in [0.717, 1.165) is 51.2 Å². The van der Waals surface area contributed by atoms with Crippen LogP contribution in [0.15, 0.2) is 4.99 Å². The van der Waals surface area contributed by atoms with E-state index < -0.39 is 0 Å². The fraction of sp³-hybridized carbons (Fsp3) is 0.944. The lowest BCUT2D eigenvalue weighted by atomic mass is 9.98. The van der Waals surface area contributed by atoms with Crippen molar-refractivity contribution in [2.24, 2.45) is 10.9 Å². The average Bonchev–Trinajstić information content (AvgIpc) is 3.40. The summed E-state index contributed by atoms with van der Waals surface area (Å²) in [5, 5.41) is 3.41. The van der Waals surface area contributed by atoms with Gasteiger partial charge in [0.15, 0.2) is 5.96 Å². The fourth-order valence-electron chi connectivity index (χ4n) is 2.98. The molecule has 134 valence electrons. The summed E-state index contributed by atoms with van der Waals surface area (Å²) in [4.78, 5) is 6.47. The van der Waals surface area contributed by atoms with Crippen LogP contribution >= 0.6 is 0 Å². The van der Waals surface area contributed by atoms with E-state index in [1.54, 1.807) is 0 Å². The largest absolute Gasteiger partial charge is 0.379 e. The molecule has 0 aromatic heterocycles. The van der Waals surface area contributed by atoms with E-state index in [9.17, 15) is 0 Å². The molecule has 0 aromatic rings. The Morgan fingerprint density at radius 3 is 2.61 bits per heavy atom. The zero-order valence-electron chi connectivity index (χ0n) is 15.1. The Labute approximate surface area is 141 Å². The number of hydrogen-bond acceptors (Lipinski definition) is 3. The predicted molar refractivity (Wildman–Crippen MR) is 95.0 cm³/mol. The summed E-state index contributed by atoms with van der Waals surface area (Å²) in [6.45, 7) is 4.34. The molecule has 0 radical (unpaired) electrons. The summed E-state index contributed by atoms with van der Waals surface area (Å²) >= 11 is 0. The van der Waals surface area contributed by atoms with Crippen molar-refractivity contribution in [1.82, 2.24) is 10.2 Å². The molecule has 0 aliphatic heterocycles. The van der Waals surface area contributed by atoms with Crippen LogP contribution < -0.4 is 5.32 Å². The topological polar surface area (TPSA) is 46.1 Å². The molecule has 2 fully saturated rings. The van der Waals surface area contributed by atoms with Gasteiger partial charge in [-0.2, -0.15) is 0 Å². The molecule has 0 bridgehead atoms. The van der Waals surface area contributed by atoms with Gasteiger partial charge < -0.3 is 19.7 Å². The van der Waals surface area contributed by atoms with Crippen LogP contribution in [0.5, 0.6) is 0 Å². The molecule has 2 rings (SSSR count). The quantitative estimate of drug-likeness (QED) is 0.381. The Morgan fingerprint density at radius 1 is 1.13 bits per heavy atom. The summed E-state index contributed by atoms with van der Waals surface area (Å²) in [6, 6.07) is 0. The highest BCUT2D eigenvalue weighted by Crippen LogP contribution is 2.28. The van der Waals surface area contributed by atoms with E-state index in [4.69, 9.17) is 9.47 Å². The molecular formula is C18H35N3O2. The lowest BCUT2D eigenvalue weighted by Crippen LogP contribution is -2.41. The minimum Gasteiger partial charge on any atom is -0.379 e. The van der Waals surface area contributed by atoms with Gasteiger partial charge in [0.05, 0.1) is 12.7 Å². The van der Waals surface area contributed by atoms with Crippen LogP contribution in [0.25, 0.3) is 0 Å². The summed E-state index contributed by atoms with van der Waals surface area (Å²) in [7, 11) is 3.90. The first-order chi connectivity index (χ1) is 11.3. The van der Waals surface area contributed by atoms with E-state index in [1.165, 1.54) is 44.9 Å². The number of hydrogen-bond donors (Lipinski definition) is 1. The van der Waals surface area contributed by atoms with Gasteiger partial charge in [-0.1, -0.05) is 19.3 Å². The Kier molecular flexibility index (Phi) is 8.76. The third-order valence-electron chi connectivity index (χ3n) is 4.70. The van der Waals surface area contributed by atoms with Crippen LogP contribution in [-0.4, -0.2) is 64.0 Å².